The van der Waals surface area contributed by atoms with Crippen molar-refractivity contribution in [2.45, 2.75) is 18.6 Å². The largest absolute Gasteiger partial charge is 0.394 e. The lowest BCUT2D eigenvalue weighted by Crippen LogP contribution is -2.62. The monoisotopic (exact) mass is 471 g/mol. The highest BCUT2D eigenvalue weighted by Gasteiger charge is 2.37. The van der Waals surface area contributed by atoms with E-state index in [0.29, 0.717) is 30.5 Å². The van der Waals surface area contributed by atoms with Crippen molar-refractivity contribution in [1.82, 2.24) is 19.8 Å². The molecular weight excluding hydrogens is 450 g/mol. The third-order valence-corrected chi connectivity index (χ3v) is 6.79. The van der Waals surface area contributed by atoms with Gasteiger partial charge in [-0.15, -0.1) is 11.3 Å². The van der Waals surface area contributed by atoms with Crippen LogP contribution >= 0.6 is 22.9 Å². The molecule has 3 aromatic rings. The van der Waals surface area contributed by atoms with Crippen LogP contribution in [0.2, 0.25) is 5.02 Å². The fraction of sp³-hybridized carbons (Fsp3) is 0.273. The number of aromatic nitrogens is 2. The van der Waals surface area contributed by atoms with Crippen LogP contribution in [0.3, 0.4) is 0 Å². The van der Waals surface area contributed by atoms with Gasteiger partial charge in [0.15, 0.2) is 0 Å². The van der Waals surface area contributed by atoms with Gasteiger partial charge in [0.05, 0.1) is 29.2 Å². The zero-order chi connectivity index (χ0) is 22.7. The third kappa shape index (κ3) is 4.66. The zero-order valence-corrected chi connectivity index (χ0v) is 18.7. The van der Waals surface area contributed by atoms with Crippen LogP contribution in [0, 0.1) is 0 Å². The Morgan fingerprint density at radius 3 is 2.88 bits per heavy atom. The number of nitrogens with two attached hydrogens (primary N) is 1. The lowest BCUT2D eigenvalue weighted by molar-refractivity contribution is -0.137. The lowest BCUT2D eigenvalue weighted by Gasteiger charge is -2.44. The van der Waals surface area contributed by atoms with Crippen LogP contribution in [0.5, 0.6) is 0 Å². The number of benzene rings is 1. The standard InChI is InChI=1S/C22H22ClN5O3S/c23-15-8-16(32-12-15)2-4-21(31)28-6-5-27(19(10-29)20(28)11-30)9-14-1-3-17-18(7-14)25-13-26-22(17)24/h1-4,7-8,10,12-13,19-20,30H,5-6,9,11H2,(H2,24,25,26)/t19?,20-/m1/s1. The van der Waals surface area contributed by atoms with Crippen molar-refractivity contribution in [2.75, 3.05) is 25.4 Å². The van der Waals surface area contributed by atoms with E-state index >= 15 is 0 Å². The van der Waals surface area contributed by atoms with Crippen molar-refractivity contribution in [3.63, 3.8) is 0 Å². The Morgan fingerprint density at radius 2 is 2.16 bits per heavy atom. The number of piperazine rings is 1. The summed E-state index contributed by atoms with van der Waals surface area (Å²) in [5.41, 5.74) is 7.57. The summed E-state index contributed by atoms with van der Waals surface area (Å²) in [5, 5.41) is 13.2. The van der Waals surface area contributed by atoms with E-state index in [4.69, 9.17) is 17.3 Å². The van der Waals surface area contributed by atoms with Gasteiger partial charge in [0.1, 0.15) is 18.4 Å². The number of halogens is 1. The third-order valence-electron chi connectivity index (χ3n) is 5.55. The van der Waals surface area contributed by atoms with Gasteiger partial charge < -0.3 is 20.5 Å². The summed E-state index contributed by atoms with van der Waals surface area (Å²) in [5.74, 6) is 0.163. The number of aldehydes is 1. The second-order valence-electron chi connectivity index (χ2n) is 7.49. The molecule has 1 amide bonds. The van der Waals surface area contributed by atoms with Gasteiger partial charge in [-0.3, -0.25) is 9.69 Å². The molecule has 2 atom stereocenters. The maximum Gasteiger partial charge on any atom is 0.247 e. The van der Waals surface area contributed by atoms with Gasteiger partial charge in [-0.2, -0.15) is 0 Å². The predicted octanol–water partition coefficient (Wildman–Crippen LogP) is 2.21. The summed E-state index contributed by atoms with van der Waals surface area (Å²) in [6, 6.07) is 6.20. The van der Waals surface area contributed by atoms with Crippen LogP contribution in [-0.4, -0.2) is 68.8 Å². The number of aliphatic hydroxyl groups excluding tert-OH is 1. The molecule has 8 nitrogen and oxygen atoms in total. The quantitative estimate of drug-likeness (QED) is 0.418. The molecule has 0 spiro atoms. The van der Waals surface area contributed by atoms with Crippen molar-refractivity contribution in [3.05, 3.63) is 57.5 Å². The number of hydrogen-bond acceptors (Lipinski definition) is 8. The molecular formula is C22H22ClN5O3S. The first kappa shape index (κ1) is 22.3. The maximum absolute atomic E-state index is 12.8. The summed E-state index contributed by atoms with van der Waals surface area (Å²) >= 11 is 7.35. The number of nitrogens with zero attached hydrogens (tertiary/aromatic N) is 4. The molecule has 1 aliphatic heterocycles. The van der Waals surface area contributed by atoms with Crippen LogP contribution < -0.4 is 5.73 Å². The van der Waals surface area contributed by atoms with Gasteiger partial charge in [-0.1, -0.05) is 17.7 Å². The number of fused-ring (bicyclic) bond motifs is 1. The number of amides is 1. The van der Waals surface area contributed by atoms with Gasteiger partial charge >= 0.3 is 0 Å². The van der Waals surface area contributed by atoms with Crippen LogP contribution in [-0.2, 0) is 16.1 Å². The Labute approximate surface area is 193 Å². The van der Waals surface area contributed by atoms with Crippen molar-refractivity contribution >= 4 is 57.9 Å². The van der Waals surface area contributed by atoms with Gasteiger partial charge in [0.25, 0.3) is 0 Å². The van der Waals surface area contributed by atoms with Crippen LogP contribution in [0.4, 0.5) is 5.82 Å². The molecule has 0 bridgehead atoms. The zero-order valence-electron chi connectivity index (χ0n) is 17.1. The Morgan fingerprint density at radius 1 is 1.31 bits per heavy atom. The Kier molecular flexibility index (Phi) is 6.80. The number of thiophene rings is 1. The van der Waals surface area contributed by atoms with Gasteiger partial charge in [0, 0.05) is 41.4 Å². The minimum absolute atomic E-state index is 0.252. The van der Waals surface area contributed by atoms with E-state index in [2.05, 4.69) is 9.97 Å². The normalized spacial score (nSPS) is 19.6. The van der Waals surface area contributed by atoms with Crippen molar-refractivity contribution in [3.8, 4) is 0 Å². The van der Waals surface area contributed by atoms with Crippen LogP contribution in [0.25, 0.3) is 17.0 Å². The molecule has 1 unspecified atom stereocenters. The first-order valence-electron chi connectivity index (χ1n) is 10.0. The molecule has 0 aliphatic carbocycles. The number of hydrogen-bond donors (Lipinski definition) is 2. The molecule has 3 N–H and O–H groups in total. The second-order valence-corrected chi connectivity index (χ2v) is 8.87. The van der Waals surface area contributed by atoms with E-state index in [1.807, 2.05) is 23.1 Å². The Bertz CT molecular complexity index is 1170. The highest BCUT2D eigenvalue weighted by Crippen LogP contribution is 2.24. The second kappa shape index (κ2) is 9.74. The lowest BCUT2D eigenvalue weighted by atomic mass is 10.0. The fourth-order valence-corrected chi connectivity index (χ4v) is 4.92. The van der Waals surface area contributed by atoms with Crippen molar-refractivity contribution in [2.24, 2.45) is 0 Å². The number of carbonyl (C=O) groups is 2. The van der Waals surface area contributed by atoms with E-state index in [-0.39, 0.29) is 12.5 Å². The van der Waals surface area contributed by atoms with Gasteiger partial charge in [0.2, 0.25) is 5.91 Å². The summed E-state index contributed by atoms with van der Waals surface area (Å²) in [4.78, 5) is 37.4. The van der Waals surface area contributed by atoms with E-state index in [1.54, 1.807) is 22.4 Å². The van der Waals surface area contributed by atoms with Gasteiger partial charge in [-0.05, 0) is 29.8 Å². The van der Waals surface area contributed by atoms with Crippen molar-refractivity contribution < 1.29 is 14.7 Å². The van der Waals surface area contributed by atoms with Crippen molar-refractivity contribution in [1.29, 1.82) is 0 Å². The molecule has 2 aromatic heterocycles. The van der Waals surface area contributed by atoms with E-state index in [9.17, 15) is 14.7 Å². The molecule has 166 valence electrons. The van der Waals surface area contributed by atoms with E-state index in [1.165, 1.54) is 23.7 Å². The number of carbonyl (C=O) groups excluding carboxylic acids is 2. The van der Waals surface area contributed by atoms with Crippen LogP contribution in [0.15, 0.2) is 42.0 Å². The van der Waals surface area contributed by atoms with E-state index < -0.39 is 12.1 Å². The first-order valence-corrected chi connectivity index (χ1v) is 11.3. The molecule has 1 fully saturated rings. The topological polar surface area (TPSA) is 113 Å². The van der Waals surface area contributed by atoms with Gasteiger partial charge in [-0.25, -0.2) is 9.97 Å². The summed E-state index contributed by atoms with van der Waals surface area (Å²) in [6.07, 6.45) is 5.36. The minimum Gasteiger partial charge on any atom is -0.394 e. The maximum atomic E-state index is 12.8. The average molecular weight is 472 g/mol. The number of nitrogen functional groups attached to an aromatic ring is 1. The smallest absolute Gasteiger partial charge is 0.247 e. The highest BCUT2D eigenvalue weighted by molar-refractivity contribution is 7.11. The fourth-order valence-electron chi connectivity index (χ4n) is 3.94. The number of aliphatic hydroxyl groups is 1. The number of rotatable bonds is 6. The Hall–Kier alpha value is -2.85. The predicted molar refractivity (Wildman–Crippen MR) is 125 cm³/mol. The molecule has 0 radical (unpaired) electrons. The molecule has 1 saturated heterocycles. The molecule has 32 heavy (non-hydrogen) atoms. The molecule has 3 heterocycles. The molecule has 4 rings (SSSR count). The minimum atomic E-state index is -0.635. The highest BCUT2D eigenvalue weighted by atomic mass is 35.5. The average Bonchev–Trinajstić information content (AvgIpc) is 3.22. The summed E-state index contributed by atoms with van der Waals surface area (Å²) in [6.45, 7) is 1.05. The first-order chi connectivity index (χ1) is 15.5. The number of anilines is 1. The summed E-state index contributed by atoms with van der Waals surface area (Å²) < 4.78 is 0. The molecule has 10 heteroatoms. The Balaban J connectivity index is 1.50. The molecule has 1 aromatic carbocycles. The van der Waals surface area contributed by atoms with E-state index in [0.717, 1.165) is 27.6 Å². The molecule has 0 saturated carbocycles. The van der Waals surface area contributed by atoms with Crippen LogP contribution in [0.1, 0.15) is 10.4 Å². The molecule has 1 aliphatic rings. The summed E-state index contributed by atoms with van der Waals surface area (Å²) in [7, 11) is 0. The SMILES string of the molecule is Nc1ncnc2cc(CN3CCN(C(=O)C=Cc4cc(Cl)cs4)[C@H](CO)C3C=O)ccc12.